The van der Waals surface area contributed by atoms with Crippen molar-refractivity contribution in [2.75, 3.05) is 18.6 Å². The van der Waals surface area contributed by atoms with Gasteiger partial charge in [-0.05, 0) is 73.2 Å². The Morgan fingerprint density at radius 1 is 1.05 bits per heavy atom. The van der Waals surface area contributed by atoms with Crippen molar-refractivity contribution in [1.82, 2.24) is 0 Å². The lowest BCUT2D eigenvalue weighted by Gasteiger charge is -2.27. The van der Waals surface area contributed by atoms with Crippen LogP contribution in [0.1, 0.15) is 39.4 Å². The van der Waals surface area contributed by atoms with Gasteiger partial charge in [-0.1, -0.05) is 23.7 Å². The van der Waals surface area contributed by atoms with Crippen LogP contribution in [-0.2, 0) is 9.53 Å². The third-order valence-corrected chi connectivity index (χ3v) is 6.46. The van der Waals surface area contributed by atoms with Crippen molar-refractivity contribution in [3.63, 3.8) is 0 Å². The van der Waals surface area contributed by atoms with E-state index < -0.39 is 29.5 Å². The minimum absolute atomic E-state index is 0.0518. The fourth-order valence-electron chi connectivity index (χ4n) is 4.46. The van der Waals surface area contributed by atoms with Crippen molar-refractivity contribution in [1.29, 1.82) is 0 Å². The number of ether oxygens (including phenoxy) is 2. The van der Waals surface area contributed by atoms with Gasteiger partial charge in [-0.25, -0.2) is 4.79 Å². The summed E-state index contributed by atoms with van der Waals surface area (Å²) >= 11 is 6.08. The van der Waals surface area contributed by atoms with E-state index in [0.29, 0.717) is 38.6 Å². The maximum Gasteiger partial charge on any atom is 0.338 e. The van der Waals surface area contributed by atoms with Crippen LogP contribution in [0.3, 0.4) is 0 Å². The van der Waals surface area contributed by atoms with Crippen molar-refractivity contribution in [2.24, 2.45) is 0 Å². The minimum atomic E-state index is -1.00. The highest BCUT2D eigenvalue weighted by atomic mass is 35.5. The second-order valence-corrected chi connectivity index (χ2v) is 8.94. The summed E-state index contributed by atoms with van der Waals surface area (Å²) in [5.74, 6) is -2.17. The number of Topliss-reactive ketones (excluding diaryl/α,β-unsaturated/α-hetero) is 1. The Morgan fingerprint density at radius 2 is 1.82 bits per heavy atom. The van der Waals surface area contributed by atoms with E-state index >= 15 is 0 Å². The van der Waals surface area contributed by atoms with Gasteiger partial charge in [0.2, 0.25) is 5.78 Å². The molecule has 0 saturated heterocycles. The van der Waals surface area contributed by atoms with E-state index in [1.165, 1.54) is 30.2 Å². The van der Waals surface area contributed by atoms with Crippen LogP contribution in [0.4, 0.5) is 5.69 Å². The van der Waals surface area contributed by atoms with Crippen molar-refractivity contribution < 1.29 is 33.4 Å². The summed E-state index contributed by atoms with van der Waals surface area (Å²) in [6, 6.07) is 18.5. The molecule has 0 bridgehead atoms. The Bertz CT molecular complexity index is 1600. The summed E-state index contributed by atoms with van der Waals surface area (Å²) in [4.78, 5) is 40.6. The third kappa shape index (κ3) is 4.39. The average molecular weight is 532 g/mol. The van der Waals surface area contributed by atoms with Crippen LogP contribution in [0, 0.1) is 0 Å². The van der Waals surface area contributed by atoms with Crippen LogP contribution in [0.15, 0.2) is 88.5 Å². The van der Waals surface area contributed by atoms with E-state index in [1.807, 2.05) is 0 Å². The monoisotopic (exact) mass is 531 g/mol. The minimum Gasteiger partial charge on any atom is -0.503 e. The zero-order valence-corrected chi connectivity index (χ0v) is 21.2. The number of ketones is 1. The second-order valence-electron chi connectivity index (χ2n) is 8.51. The van der Waals surface area contributed by atoms with Gasteiger partial charge in [0.05, 0.1) is 30.9 Å². The van der Waals surface area contributed by atoms with E-state index in [2.05, 4.69) is 0 Å². The molecule has 1 aliphatic rings. The molecule has 0 aliphatic carbocycles. The highest BCUT2D eigenvalue weighted by Crippen LogP contribution is 2.43. The molecular formula is C29H22ClNO7. The zero-order chi connectivity index (χ0) is 27.0. The number of halogens is 1. The molecule has 0 spiro atoms. The number of methoxy groups -OCH3 is 1. The number of anilines is 1. The van der Waals surface area contributed by atoms with Crippen LogP contribution in [-0.4, -0.2) is 36.5 Å². The SMILES string of the molecule is CCOC(=O)c1ccc(N2C(=O)C(O)=C(C(=O)c3cc4cc(Cl)ccc4o3)C2c2cccc(OC)c2)cc1. The first-order valence-corrected chi connectivity index (χ1v) is 12.1. The number of aliphatic hydroxyl groups is 1. The predicted octanol–water partition coefficient (Wildman–Crippen LogP) is 6.05. The summed E-state index contributed by atoms with van der Waals surface area (Å²) in [6.45, 7) is 1.93. The van der Waals surface area contributed by atoms with E-state index in [0.717, 1.165) is 0 Å². The van der Waals surface area contributed by atoms with E-state index in [-0.39, 0.29) is 17.9 Å². The fraction of sp³-hybridized carbons (Fsp3) is 0.138. The number of carbonyl (C=O) groups excluding carboxylic acids is 3. The molecule has 4 aromatic rings. The van der Waals surface area contributed by atoms with Crippen molar-refractivity contribution in [3.8, 4) is 5.75 Å². The van der Waals surface area contributed by atoms with E-state index in [9.17, 15) is 19.5 Å². The second kappa shape index (κ2) is 10.1. The molecule has 38 heavy (non-hydrogen) atoms. The maximum absolute atomic E-state index is 13.8. The molecule has 1 aromatic heterocycles. The van der Waals surface area contributed by atoms with E-state index in [1.54, 1.807) is 61.5 Å². The molecule has 0 fully saturated rings. The first-order chi connectivity index (χ1) is 18.3. The number of furan rings is 1. The van der Waals surface area contributed by atoms with Gasteiger partial charge >= 0.3 is 5.97 Å². The molecule has 0 radical (unpaired) electrons. The molecular weight excluding hydrogens is 510 g/mol. The van der Waals surface area contributed by atoms with Crippen LogP contribution in [0.5, 0.6) is 5.75 Å². The van der Waals surface area contributed by atoms with Gasteiger partial charge in [-0.15, -0.1) is 0 Å². The Balaban J connectivity index is 1.61. The largest absolute Gasteiger partial charge is 0.503 e. The first kappa shape index (κ1) is 25.1. The summed E-state index contributed by atoms with van der Waals surface area (Å²) < 4.78 is 16.1. The molecule has 3 aromatic carbocycles. The van der Waals surface area contributed by atoms with Crippen molar-refractivity contribution >= 4 is 45.9 Å². The number of carbonyl (C=O) groups is 3. The predicted molar refractivity (Wildman–Crippen MR) is 141 cm³/mol. The van der Waals surface area contributed by atoms with Gasteiger partial charge in [0.15, 0.2) is 11.5 Å². The topological polar surface area (TPSA) is 106 Å². The van der Waals surface area contributed by atoms with Gasteiger partial charge in [0.25, 0.3) is 5.91 Å². The molecule has 1 atom stereocenters. The van der Waals surface area contributed by atoms with Crippen molar-refractivity contribution in [3.05, 3.63) is 106 Å². The van der Waals surface area contributed by atoms with Crippen LogP contribution in [0.2, 0.25) is 5.02 Å². The van der Waals surface area contributed by atoms with Gasteiger partial charge in [0, 0.05) is 16.1 Å². The molecule has 9 heteroatoms. The number of benzene rings is 3. The summed E-state index contributed by atoms with van der Waals surface area (Å²) in [7, 11) is 1.50. The lowest BCUT2D eigenvalue weighted by molar-refractivity contribution is -0.117. The molecule has 0 saturated carbocycles. The Hall–Kier alpha value is -4.56. The number of amides is 1. The number of nitrogens with zero attached hydrogens (tertiary/aromatic N) is 1. The Morgan fingerprint density at radius 3 is 2.53 bits per heavy atom. The number of hydrogen-bond donors (Lipinski definition) is 1. The molecule has 1 amide bonds. The summed E-state index contributed by atoms with van der Waals surface area (Å²) in [6.07, 6.45) is 0. The first-order valence-electron chi connectivity index (χ1n) is 11.7. The zero-order valence-electron chi connectivity index (χ0n) is 20.4. The van der Waals surface area contributed by atoms with Gasteiger partial charge in [-0.3, -0.25) is 14.5 Å². The number of rotatable bonds is 7. The van der Waals surface area contributed by atoms with Crippen molar-refractivity contribution in [2.45, 2.75) is 13.0 Å². The normalized spacial score (nSPS) is 15.3. The summed E-state index contributed by atoms with van der Waals surface area (Å²) in [5, 5.41) is 12.1. The average Bonchev–Trinajstić information content (AvgIpc) is 3.46. The molecule has 1 N–H and O–H groups in total. The van der Waals surface area contributed by atoms with Crippen LogP contribution < -0.4 is 9.64 Å². The molecule has 8 nitrogen and oxygen atoms in total. The lowest BCUT2D eigenvalue weighted by atomic mass is 9.94. The highest BCUT2D eigenvalue weighted by molar-refractivity contribution is 6.31. The van der Waals surface area contributed by atoms with Crippen LogP contribution >= 0.6 is 11.6 Å². The Labute approximate surface area is 222 Å². The molecule has 192 valence electrons. The maximum atomic E-state index is 13.8. The fourth-order valence-corrected chi connectivity index (χ4v) is 4.64. The molecule has 1 aliphatic heterocycles. The molecule has 2 heterocycles. The molecule has 1 unspecified atom stereocenters. The Kier molecular flexibility index (Phi) is 6.65. The number of hydrogen-bond acceptors (Lipinski definition) is 7. The van der Waals surface area contributed by atoms with Gasteiger partial charge in [0.1, 0.15) is 11.3 Å². The smallest absolute Gasteiger partial charge is 0.338 e. The number of aliphatic hydroxyl groups excluding tert-OH is 1. The molecule has 5 rings (SSSR count). The number of fused-ring (bicyclic) bond motifs is 1. The third-order valence-electron chi connectivity index (χ3n) is 6.22. The van der Waals surface area contributed by atoms with Gasteiger partial charge < -0.3 is 19.0 Å². The number of esters is 1. The standard InChI is InChI=1S/C29H22ClNO7/c1-3-37-29(35)16-7-10-20(11-8-16)31-25(17-5-4-6-21(14-17)36-2)24(27(33)28(31)34)26(32)23-15-18-13-19(30)9-12-22(18)38-23/h4-15,25,33H,3H2,1-2H3. The van der Waals surface area contributed by atoms with E-state index in [4.69, 9.17) is 25.5 Å². The lowest BCUT2D eigenvalue weighted by Crippen LogP contribution is -2.31. The van der Waals surface area contributed by atoms with Crippen LogP contribution in [0.25, 0.3) is 11.0 Å². The quantitative estimate of drug-likeness (QED) is 0.228. The highest BCUT2D eigenvalue weighted by Gasteiger charge is 2.45. The van der Waals surface area contributed by atoms with Gasteiger partial charge in [-0.2, -0.15) is 0 Å². The summed E-state index contributed by atoms with van der Waals surface area (Å²) in [5.41, 5.74) is 1.48.